The molecule has 0 saturated heterocycles. The average Bonchev–Trinajstić information content (AvgIpc) is 2.64. The number of nitrogens with zero attached hydrogens (tertiary/aromatic N) is 1. The van der Waals surface area contributed by atoms with Gasteiger partial charge < -0.3 is 19.5 Å². The molecule has 2 aromatic carbocycles. The lowest BCUT2D eigenvalue weighted by Crippen LogP contribution is -2.46. The van der Waals surface area contributed by atoms with Crippen LogP contribution in [0.15, 0.2) is 42.5 Å². The zero-order valence-electron chi connectivity index (χ0n) is 14.3. The van der Waals surface area contributed by atoms with E-state index in [0.717, 1.165) is 11.3 Å². The second kappa shape index (κ2) is 6.58. The standard InChI is InChI=1S/C19H20ClNO4/c1-21-16-10-14(24-2)8-9-15(16)19(23,18(22)25-3)11-17(21)12-4-6-13(20)7-5-12/h4-10,17,23H,11H2,1-3H3. The summed E-state index contributed by atoms with van der Waals surface area (Å²) in [5.41, 5.74) is 0.446. The zero-order valence-corrected chi connectivity index (χ0v) is 15.1. The van der Waals surface area contributed by atoms with Crippen LogP contribution < -0.4 is 9.64 Å². The Balaban J connectivity index is 2.15. The van der Waals surface area contributed by atoms with E-state index in [9.17, 15) is 9.90 Å². The third-order valence-electron chi connectivity index (χ3n) is 4.76. The Morgan fingerprint density at radius 3 is 2.52 bits per heavy atom. The van der Waals surface area contributed by atoms with Crippen LogP contribution in [0.4, 0.5) is 5.69 Å². The van der Waals surface area contributed by atoms with Crippen LogP contribution in [-0.4, -0.2) is 32.3 Å². The molecule has 1 aliphatic heterocycles. The lowest BCUT2D eigenvalue weighted by molar-refractivity contribution is -0.165. The van der Waals surface area contributed by atoms with Gasteiger partial charge in [0.1, 0.15) is 5.75 Å². The van der Waals surface area contributed by atoms with Crippen molar-refractivity contribution in [1.29, 1.82) is 0 Å². The molecular weight excluding hydrogens is 342 g/mol. The van der Waals surface area contributed by atoms with E-state index in [1.165, 1.54) is 7.11 Å². The number of esters is 1. The fraction of sp³-hybridized carbons (Fsp3) is 0.316. The minimum atomic E-state index is -1.73. The highest BCUT2D eigenvalue weighted by Crippen LogP contribution is 2.47. The van der Waals surface area contributed by atoms with Crippen LogP contribution in [-0.2, 0) is 15.1 Å². The van der Waals surface area contributed by atoms with E-state index < -0.39 is 11.6 Å². The maximum absolute atomic E-state index is 12.4. The smallest absolute Gasteiger partial charge is 0.342 e. The number of carbonyl (C=O) groups is 1. The third-order valence-corrected chi connectivity index (χ3v) is 5.02. The van der Waals surface area contributed by atoms with Crippen LogP contribution in [0.5, 0.6) is 5.75 Å². The van der Waals surface area contributed by atoms with Crippen molar-refractivity contribution in [2.45, 2.75) is 18.1 Å². The van der Waals surface area contributed by atoms with Gasteiger partial charge in [-0.1, -0.05) is 23.7 Å². The van der Waals surface area contributed by atoms with Crippen molar-refractivity contribution in [2.75, 3.05) is 26.2 Å². The molecule has 132 valence electrons. The number of carbonyl (C=O) groups excluding carboxylic acids is 1. The van der Waals surface area contributed by atoms with Gasteiger partial charge in [0.2, 0.25) is 0 Å². The van der Waals surface area contributed by atoms with Crippen molar-refractivity contribution in [2.24, 2.45) is 0 Å². The van der Waals surface area contributed by atoms with Crippen LogP contribution in [0.1, 0.15) is 23.6 Å². The second-order valence-corrected chi connectivity index (χ2v) is 6.55. The summed E-state index contributed by atoms with van der Waals surface area (Å²) < 4.78 is 10.2. The van der Waals surface area contributed by atoms with E-state index in [1.54, 1.807) is 31.4 Å². The van der Waals surface area contributed by atoms with E-state index in [0.29, 0.717) is 16.3 Å². The van der Waals surface area contributed by atoms with Gasteiger partial charge in [0.05, 0.1) is 20.3 Å². The molecule has 3 rings (SSSR count). The molecule has 1 N–H and O–H groups in total. The molecule has 25 heavy (non-hydrogen) atoms. The first kappa shape index (κ1) is 17.6. The molecule has 0 aromatic heterocycles. The Kier molecular flexibility index (Phi) is 4.62. The molecule has 2 aromatic rings. The highest BCUT2D eigenvalue weighted by Gasteiger charge is 2.48. The Morgan fingerprint density at radius 2 is 1.92 bits per heavy atom. The van der Waals surface area contributed by atoms with E-state index in [2.05, 4.69) is 0 Å². The van der Waals surface area contributed by atoms with Gasteiger partial charge in [0.15, 0.2) is 5.60 Å². The first-order chi connectivity index (χ1) is 11.9. The SMILES string of the molecule is COC(=O)C1(O)CC(c2ccc(Cl)cc2)N(C)c2cc(OC)ccc21. The number of anilines is 1. The van der Waals surface area contributed by atoms with Gasteiger partial charge in [0, 0.05) is 35.8 Å². The number of ether oxygens (including phenoxy) is 2. The van der Waals surface area contributed by atoms with Crippen LogP contribution in [0, 0.1) is 0 Å². The van der Waals surface area contributed by atoms with Crippen molar-refractivity contribution >= 4 is 23.3 Å². The first-order valence-corrected chi connectivity index (χ1v) is 8.26. The summed E-state index contributed by atoms with van der Waals surface area (Å²) in [7, 11) is 4.78. The maximum atomic E-state index is 12.4. The zero-order chi connectivity index (χ0) is 18.2. The Morgan fingerprint density at radius 1 is 1.24 bits per heavy atom. The van der Waals surface area contributed by atoms with E-state index >= 15 is 0 Å². The number of hydrogen-bond donors (Lipinski definition) is 1. The minimum absolute atomic E-state index is 0.178. The molecule has 0 amide bonds. The van der Waals surface area contributed by atoms with Crippen LogP contribution in [0.25, 0.3) is 0 Å². The topological polar surface area (TPSA) is 59.0 Å². The molecular formula is C19H20ClNO4. The lowest BCUT2D eigenvalue weighted by atomic mass is 9.79. The number of fused-ring (bicyclic) bond motifs is 1. The van der Waals surface area contributed by atoms with Crippen LogP contribution >= 0.6 is 11.6 Å². The van der Waals surface area contributed by atoms with Gasteiger partial charge in [-0.25, -0.2) is 4.79 Å². The van der Waals surface area contributed by atoms with Crippen LogP contribution in [0.3, 0.4) is 0 Å². The number of aliphatic hydroxyl groups is 1. The summed E-state index contributed by atoms with van der Waals surface area (Å²) in [5.74, 6) is -0.0273. The number of benzene rings is 2. The summed E-state index contributed by atoms with van der Waals surface area (Å²) >= 11 is 5.98. The predicted octanol–water partition coefficient (Wildman–Crippen LogP) is 3.29. The van der Waals surface area contributed by atoms with E-state index in [4.69, 9.17) is 21.1 Å². The number of rotatable bonds is 3. The fourth-order valence-electron chi connectivity index (χ4n) is 3.36. The normalized spacial score (nSPS) is 22.3. The molecule has 2 unspecified atom stereocenters. The van der Waals surface area contributed by atoms with Gasteiger partial charge >= 0.3 is 5.97 Å². The van der Waals surface area contributed by atoms with Crippen molar-refractivity contribution in [1.82, 2.24) is 0 Å². The van der Waals surface area contributed by atoms with Gasteiger partial charge in [0.25, 0.3) is 0 Å². The molecule has 1 heterocycles. The summed E-state index contributed by atoms with van der Waals surface area (Å²) in [6.45, 7) is 0. The molecule has 0 radical (unpaired) electrons. The molecule has 1 aliphatic rings. The minimum Gasteiger partial charge on any atom is -0.497 e. The van der Waals surface area contributed by atoms with Gasteiger partial charge in [-0.3, -0.25) is 0 Å². The quantitative estimate of drug-likeness (QED) is 0.850. The molecule has 2 atom stereocenters. The Bertz CT molecular complexity index is 793. The van der Waals surface area contributed by atoms with Crippen molar-refractivity contribution in [3.05, 3.63) is 58.6 Å². The first-order valence-electron chi connectivity index (χ1n) is 7.88. The Hall–Kier alpha value is -2.24. The molecule has 6 heteroatoms. The summed E-state index contributed by atoms with van der Waals surface area (Å²) in [5, 5.41) is 11.8. The molecule has 5 nitrogen and oxygen atoms in total. The number of halogens is 1. The molecule has 0 fully saturated rings. The largest absolute Gasteiger partial charge is 0.497 e. The summed E-state index contributed by atoms with van der Waals surface area (Å²) in [6.07, 6.45) is 0.178. The van der Waals surface area contributed by atoms with Crippen molar-refractivity contribution < 1.29 is 19.4 Å². The van der Waals surface area contributed by atoms with Crippen molar-refractivity contribution in [3.8, 4) is 5.75 Å². The molecule has 0 aliphatic carbocycles. The van der Waals surface area contributed by atoms with E-state index in [1.807, 2.05) is 30.1 Å². The molecule has 0 saturated carbocycles. The average molecular weight is 362 g/mol. The fourth-order valence-corrected chi connectivity index (χ4v) is 3.49. The van der Waals surface area contributed by atoms with Crippen LogP contribution in [0.2, 0.25) is 5.02 Å². The Labute approximate surface area is 151 Å². The molecule has 0 spiro atoms. The van der Waals surface area contributed by atoms with Crippen molar-refractivity contribution in [3.63, 3.8) is 0 Å². The third kappa shape index (κ3) is 2.94. The van der Waals surface area contributed by atoms with E-state index in [-0.39, 0.29) is 12.5 Å². The van der Waals surface area contributed by atoms with Gasteiger partial charge in [-0.2, -0.15) is 0 Å². The van der Waals surface area contributed by atoms with Gasteiger partial charge in [-0.15, -0.1) is 0 Å². The highest BCUT2D eigenvalue weighted by atomic mass is 35.5. The summed E-state index contributed by atoms with van der Waals surface area (Å²) in [6, 6.07) is 12.4. The second-order valence-electron chi connectivity index (χ2n) is 6.12. The maximum Gasteiger partial charge on any atom is 0.342 e. The van der Waals surface area contributed by atoms with Gasteiger partial charge in [-0.05, 0) is 29.8 Å². The molecule has 0 bridgehead atoms. The lowest BCUT2D eigenvalue weighted by Gasteiger charge is -2.43. The summed E-state index contributed by atoms with van der Waals surface area (Å²) in [4.78, 5) is 14.4. The number of methoxy groups -OCH3 is 2. The highest BCUT2D eigenvalue weighted by molar-refractivity contribution is 6.30. The monoisotopic (exact) mass is 361 g/mol. The predicted molar refractivity (Wildman–Crippen MR) is 96.1 cm³/mol. The number of hydrogen-bond acceptors (Lipinski definition) is 5.